The van der Waals surface area contributed by atoms with Crippen molar-refractivity contribution in [1.29, 1.82) is 5.26 Å². The van der Waals surface area contributed by atoms with Gasteiger partial charge in [0.15, 0.2) is 0 Å². The predicted molar refractivity (Wildman–Crippen MR) is 106 cm³/mol. The second-order valence-electron chi connectivity index (χ2n) is 8.33. The summed E-state index contributed by atoms with van der Waals surface area (Å²) in [5, 5.41) is 14.0. The van der Waals surface area contributed by atoms with Crippen molar-refractivity contribution < 1.29 is 19.1 Å². The minimum Gasteiger partial charge on any atom is -0.449 e. The minimum absolute atomic E-state index is 0.0915. The van der Waals surface area contributed by atoms with Crippen LogP contribution in [-0.2, 0) is 14.3 Å². The van der Waals surface area contributed by atoms with Gasteiger partial charge in [-0.05, 0) is 17.8 Å². The molecule has 0 saturated carbocycles. The van der Waals surface area contributed by atoms with E-state index in [1.165, 1.54) is 0 Å². The summed E-state index contributed by atoms with van der Waals surface area (Å²) in [6.07, 6.45) is -0.147. The molecule has 0 aromatic carbocycles. The van der Waals surface area contributed by atoms with Gasteiger partial charge in [-0.3, -0.25) is 10.1 Å². The van der Waals surface area contributed by atoms with Crippen LogP contribution in [0.2, 0.25) is 0 Å². The zero-order valence-electron chi connectivity index (χ0n) is 17.6. The van der Waals surface area contributed by atoms with E-state index in [4.69, 9.17) is 14.7 Å². The molecule has 0 bridgehead atoms. The van der Waals surface area contributed by atoms with E-state index >= 15 is 0 Å². The Bertz CT molecular complexity index is 586. The summed E-state index contributed by atoms with van der Waals surface area (Å²) in [7, 11) is 0. The van der Waals surface area contributed by atoms with Crippen molar-refractivity contribution in [2.75, 3.05) is 39.5 Å². The first-order chi connectivity index (χ1) is 13.1. The molecule has 1 aliphatic heterocycles. The van der Waals surface area contributed by atoms with Crippen molar-refractivity contribution in [1.82, 2.24) is 15.5 Å². The van der Waals surface area contributed by atoms with Crippen molar-refractivity contribution >= 4 is 18.0 Å². The highest BCUT2D eigenvalue weighted by atomic mass is 16.5. The van der Waals surface area contributed by atoms with Crippen LogP contribution < -0.4 is 10.6 Å². The number of nitriles is 1. The lowest BCUT2D eigenvalue weighted by molar-refractivity contribution is -0.122. The number of hydrogen-bond acceptors (Lipinski definition) is 6. The third kappa shape index (κ3) is 9.55. The van der Waals surface area contributed by atoms with E-state index < -0.39 is 12.1 Å². The molecule has 158 valence electrons. The topological polar surface area (TPSA) is 116 Å². The molecular weight excluding hydrogens is 362 g/mol. The fourth-order valence-electron chi connectivity index (χ4n) is 2.51. The number of nitrogens with one attached hydrogen (secondary N) is 2. The molecule has 9 nitrogen and oxygen atoms in total. The molecule has 0 aromatic rings. The van der Waals surface area contributed by atoms with Crippen LogP contribution in [0, 0.1) is 22.7 Å². The van der Waals surface area contributed by atoms with Gasteiger partial charge in [0.05, 0.1) is 25.9 Å². The summed E-state index contributed by atoms with van der Waals surface area (Å²) in [5.41, 5.74) is -0.174. The summed E-state index contributed by atoms with van der Waals surface area (Å²) in [6.45, 7) is 12.2. The highest BCUT2D eigenvalue weighted by Gasteiger charge is 2.27. The first-order valence-corrected chi connectivity index (χ1v) is 9.61. The number of morpholine rings is 1. The van der Waals surface area contributed by atoms with Gasteiger partial charge >= 0.3 is 6.09 Å². The van der Waals surface area contributed by atoms with Crippen LogP contribution in [0.5, 0.6) is 0 Å². The maximum Gasteiger partial charge on any atom is 0.413 e. The molecule has 0 radical (unpaired) electrons. The van der Waals surface area contributed by atoms with E-state index in [1.54, 1.807) is 0 Å². The van der Waals surface area contributed by atoms with Gasteiger partial charge in [-0.1, -0.05) is 34.6 Å². The van der Waals surface area contributed by atoms with Crippen LogP contribution in [0.3, 0.4) is 0 Å². The number of aliphatic imine (C=N–C) groups is 1. The number of guanidine groups is 1. The molecule has 28 heavy (non-hydrogen) atoms. The van der Waals surface area contributed by atoms with Gasteiger partial charge in [-0.25, -0.2) is 9.79 Å². The predicted octanol–water partition coefficient (Wildman–Crippen LogP) is 1.50. The molecule has 1 heterocycles. The molecule has 0 aromatic heterocycles. The van der Waals surface area contributed by atoms with Crippen LogP contribution in [0.25, 0.3) is 0 Å². The van der Waals surface area contributed by atoms with E-state index in [0.717, 1.165) is 0 Å². The van der Waals surface area contributed by atoms with Crippen LogP contribution in [-0.4, -0.2) is 68.4 Å². The summed E-state index contributed by atoms with van der Waals surface area (Å²) < 4.78 is 10.6. The number of rotatable bonds is 6. The number of ether oxygens (including phenoxy) is 2. The average Bonchev–Trinajstić information content (AvgIpc) is 2.62. The van der Waals surface area contributed by atoms with Crippen molar-refractivity contribution in [2.24, 2.45) is 16.3 Å². The molecule has 2 N–H and O–H groups in total. The number of carbonyl (C=O) groups excluding carboxylic acids is 2. The van der Waals surface area contributed by atoms with Crippen LogP contribution in [0.15, 0.2) is 4.99 Å². The molecule has 1 rings (SSSR count). The first kappa shape index (κ1) is 23.7. The minimum atomic E-state index is -0.739. The number of amides is 2. The van der Waals surface area contributed by atoms with Gasteiger partial charge in [0.25, 0.3) is 0 Å². The molecule has 9 heteroatoms. The third-order valence-electron chi connectivity index (χ3n) is 3.80. The Kier molecular flexibility index (Phi) is 9.73. The quantitative estimate of drug-likeness (QED) is 0.400. The standard InChI is InChI=1S/C19H33N5O4/c1-14(2)13-28-18(26)23-17(24-8-10-27-11-9-24)22-15(12-19(3,4)5)16(25)21-7-6-20/h14-15H,7-13H2,1-5H3,(H,21,25)(H,22,23,26)/t15-/m0/s1. The number of alkyl carbamates (subject to hydrolysis) is 1. The lowest BCUT2D eigenvalue weighted by atomic mass is 9.88. The Morgan fingerprint density at radius 3 is 2.46 bits per heavy atom. The fraction of sp³-hybridized carbons (Fsp3) is 0.789. The normalized spacial score (nSPS) is 16.3. The fourth-order valence-corrected chi connectivity index (χ4v) is 2.51. The van der Waals surface area contributed by atoms with E-state index in [2.05, 4.69) is 15.6 Å². The monoisotopic (exact) mass is 395 g/mol. The Labute approximate surface area is 167 Å². The largest absolute Gasteiger partial charge is 0.449 e. The molecule has 1 saturated heterocycles. The van der Waals surface area contributed by atoms with Crippen LogP contribution in [0.1, 0.15) is 41.0 Å². The highest BCUT2D eigenvalue weighted by molar-refractivity contribution is 5.95. The summed E-state index contributed by atoms with van der Waals surface area (Å²) >= 11 is 0. The Morgan fingerprint density at radius 1 is 1.29 bits per heavy atom. The van der Waals surface area contributed by atoms with Crippen molar-refractivity contribution in [3.05, 3.63) is 0 Å². The van der Waals surface area contributed by atoms with Gasteiger partial charge in [-0.15, -0.1) is 0 Å². The lowest BCUT2D eigenvalue weighted by Gasteiger charge is -2.31. The molecule has 0 aliphatic carbocycles. The van der Waals surface area contributed by atoms with Gasteiger partial charge < -0.3 is 19.7 Å². The Balaban J connectivity index is 3.05. The maximum absolute atomic E-state index is 12.5. The SMILES string of the molecule is CC(C)COC(=O)NC(=N[C@@H](CC(C)(C)C)C(=O)NCC#N)N1CCOCC1. The molecular formula is C19H33N5O4. The second kappa shape index (κ2) is 11.5. The van der Waals surface area contributed by atoms with Crippen LogP contribution in [0.4, 0.5) is 4.79 Å². The van der Waals surface area contributed by atoms with Gasteiger partial charge in [0.1, 0.15) is 12.6 Å². The molecule has 0 unspecified atom stereocenters. The van der Waals surface area contributed by atoms with E-state index in [0.29, 0.717) is 38.7 Å². The van der Waals surface area contributed by atoms with Gasteiger partial charge in [-0.2, -0.15) is 5.26 Å². The molecule has 0 spiro atoms. The van der Waals surface area contributed by atoms with E-state index in [-0.39, 0.29) is 30.4 Å². The van der Waals surface area contributed by atoms with Gasteiger partial charge in [0, 0.05) is 13.1 Å². The number of carbonyl (C=O) groups is 2. The van der Waals surface area contributed by atoms with E-state index in [1.807, 2.05) is 45.6 Å². The lowest BCUT2D eigenvalue weighted by Crippen LogP contribution is -2.50. The molecule has 1 aliphatic rings. The Morgan fingerprint density at radius 2 is 1.93 bits per heavy atom. The van der Waals surface area contributed by atoms with Crippen LogP contribution >= 0.6 is 0 Å². The summed E-state index contributed by atoms with van der Waals surface area (Å²) in [4.78, 5) is 31.2. The molecule has 2 amide bonds. The van der Waals surface area contributed by atoms with E-state index in [9.17, 15) is 9.59 Å². The highest BCUT2D eigenvalue weighted by Crippen LogP contribution is 2.23. The zero-order chi connectivity index (χ0) is 21.2. The molecule has 1 fully saturated rings. The third-order valence-corrected chi connectivity index (χ3v) is 3.80. The average molecular weight is 396 g/mol. The Hall–Kier alpha value is -2.34. The summed E-state index contributed by atoms with van der Waals surface area (Å²) in [5.74, 6) is 0.151. The number of nitrogens with zero attached hydrogens (tertiary/aromatic N) is 3. The molecule has 1 atom stereocenters. The smallest absolute Gasteiger partial charge is 0.413 e. The number of hydrogen-bond donors (Lipinski definition) is 2. The van der Waals surface area contributed by atoms with Crippen molar-refractivity contribution in [2.45, 2.75) is 47.1 Å². The maximum atomic E-state index is 12.5. The zero-order valence-corrected chi connectivity index (χ0v) is 17.6. The van der Waals surface area contributed by atoms with Gasteiger partial charge in [0.2, 0.25) is 11.9 Å². The first-order valence-electron chi connectivity index (χ1n) is 9.61. The summed E-state index contributed by atoms with van der Waals surface area (Å²) in [6, 6.07) is 1.16. The van der Waals surface area contributed by atoms with Crippen molar-refractivity contribution in [3.63, 3.8) is 0 Å². The van der Waals surface area contributed by atoms with Crippen molar-refractivity contribution in [3.8, 4) is 6.07 Å². The second-order valence-corrected chi connectivity index (χ2v) is 8.33.